The van der Waals surface area contributed by atoms with Crippen LogP contribution >= 0.6 is 0 Å². The number of hydrogen-bond donors (Lipinski definition) is 2. The summed E-state index contributed by atoms with van der Waals surface area (Å²) < 4.78 is 5.61. The number of nitrogens with one attached hydrogen (secondary N) is 2. The maximum atomic E-state index is 5.61. The summed E-state index contributed by atoms with van der Waals surface area (Å²) in [5, 5.41) is 7.22. The van der Waals surface area contributed by atoms with Crippen LogP contribution in [0.5, 0.6) is 0 Å². The molecule has 0 bridgehead atoms. The Kier molecular flexibility index (Phi) is 5.05. The average Bonchev–Trinajstić information content (AvgIpc) is 2.76. The predicted octanol–water partition coefficient (Wildman–Crippen LogP) is 2.03. The van der Waals surface area contributed by atoms with Crippen LogP contribution in [0, 0.1) is 17.3 Å². The maximum Gasteiger partial charge on any atom is 0.0588 e. The van der Waals surface area contributed by atoms with Crippen molar-refractivity contribution >= 4 is 0 Å². The van der Waals surface area contributed by atoms with E-state index in [4.69, 9.17) is 4.74 Å². The molecule has 2 aliphatic rings. The van der Waals surface area contributed by atoms with Crippen molar-refractivity contribution in [2.24, 2.45) is 17.3 Å². The van der Waals surface area contributed by atoms with Gasteiger partial charge in [0.2, 0.25) is 0 Å². The van der Waals surface area contributed by atoms with Crippen molar-refractivity contribution in [3.05, 3.63) is 0 Å². The SMILES string of the molecule is CC1OCCC1CNCC(C)(C)C1CCCNC1. The topological polar surface area (TPSA) is 33.3 Å². The molecule has 3 unspecified atom stereocenters. The molecule has 0 radical (unpaired) electrons. The van der Waals surface area contributed by atoms with E-state index in [2.05, 4.69) is 31.4 Å². The van der Waals surface area contributed by atoms with Gasteiger partial charge in [0.1, 0.15) is 0 Å². The highest BCUT2D eigenvalue weighted by atomic mass is 16.5. The molecule has 0 aliphatic carbocycles. The van der Waals surface area contributed by atoms with Gasteiger partial charge in [-0.05, 0) is 56.5 Å². The predicted molar refractivity (Wildman–Crippen MR) is 75.8 cm³/mol. The van der Waals surface area contributed by atoms with Crippen LogP contribution in [0.2, 0.25) is 0 Å². The molecule has 2 rings (SSSR count). The normalized spacial score (nSPS) is 33.8. The first-order valence-corrected chi connectivity index (χ1v) is 7.62. The first-order chi connectivity index (χ1) is 8.59. The first-order valence-electron chi connectivity index (χ1n) is 7.62. The molecule has 3 heteroatoms. The molecule has 2 heterocycles. The number of piperidine rings is 1. The molecule has 2 fully saturated rings. The Bertz CT molecular complexity index is 249. The molecule has 0 aromatic heterocycles. The second-order valence-corrected chi connectivity index (χ2v) is 6.79. The lowest BCUT2D eigenvalue weighted by atomic mass is 9.75. The van der Waals surface area contributed by atoms with Crippen molar-refractivity contribution in [2.75, 3.05) is 32.8 Å². The van der Waals surface area contributed by atoms with Crippen molar-refractivity contribution in [2.45, 2.75) is 46.1 Å². The van der Waals surface area contributed by atoms with Gasteiger partial charge >= 0.3 is 0 Å². The van der Waals surface area contributed by atoms with E-state index in [0.717, 1.165) is 25.6 Å². The Morgan fingerprint density at radius 3 is 2.78 bits per heavy atom. The third-order valence-electron chi connectivity index (χ3n) is 4.92. The van der Waals surface area contributed by atoms with E-state index in [1.807, 2.05) is 0 Å². The summed E-state index contributed by atoms with van der Waals surface area (Å²) in [7, 11) is 0. The smallest absolute Gasteiger partial charge is 0.0588 e. The minimum absolute atomic E-state index is 0.399. The quantitative estimate of drug-likeness (QED) is 0.787. The Hall–Kier alpha value is -0.120. The highest BCUT2D eigenvalue weighted by Gasteiger charge is 2.31. The lowest BCUT2D eigenvalue weighted by molar-refractivity contribution is 0.103. The Morgan fingerprint density at radius 2 is 2.17 bits per heavy atom. The van der Waals surface area contributed by atoms with Crippen LogP contribution in [0.3, 0.4) is 0 Å². The minimum atomic E-state index is 0.399. The zero-order chi connectivity index (χ0) is 13.0. The van der Waals surface area contributed by atoms with Crippen molar-refractivity contribution < 1.29 is 4.74 Å². The molecular formula is C15H30N2O. The molecule has 2 saturated heterocycles. The molecule has 2 N–H and O–H groups in total. The summed E-state index contributed by atoms with van der Waals surface area (Å²) in [6, 6.07) is 0. The molecular weight excluding hydrogens is 224 g/mol. The zero-order valence-electron chi connectivity index (χ0n) is 12.3. The van der Waals surface area contributed by atoms with E-state index in [1.165, 1.54) is 32.4 Å². The van der Waals surface area contributed by atoms with Gasteiger partial charge in [-0.25, -0.2) is 0 Å². The minimum Gasteiger partial charge on any atom is -0.378 e. The highest BCUT2D eigenvalue weighted by molar-refractivity contribution is 4.85. The van der Waals surface area contributed by atoms with Crippen LogP contribution < -0.4 is 10.6 Å². The van der Waals surface area contributed by atoms with Crippen LogP contribution in [-0.2, 0) is 4.74 Å². The van der Waals surface area contributed by atoms with Crippen LogP contribution in [0.25, 0.3) is 0 Å². The molecule has 0 spiro atoms. The largest absolute Gasteiger partial charge is 0.378 e. The summed E-state index contributed by atoms with van der Waals surface area (Å²) in [5.74, 6) is 1.53. The standard InChI is InChI=1S/C15H30N2O/c1-12-13(6-8-18-12)9-17-11-15(2,3)14-5-4-7-16-10-14/h12-14,16-17H,4-11H2,1-3H3. The second-order valence-electron chi connectivity index (χ2n) is 6.79. The van der Waals surface area contributed by atoms with Crippen LogP contribution in [0.4, 0.5) is 0 Å². The lowest BCUT2D eigenvalue weighted by Crippen LogP contribution is -2.44. The Labute approximate surface area is 112 Å². The maximum absolute atomic E-state index is 5.61. The van der Waals surface area contributed by atoms with E-state index in [0.29, 0.717) is 17.4 Å². The lowest BCUT2D eigenvalue weighted by Gasteiger charge is -2.38. The number of rotatable bonds is 5. The molecule has 3 atom stereocenters. The van der Waals surface area contributed by atoms with Gasteiger partial charge < -0.3 is 15.4 Å². The fraction of sp³-hybridized carbons (Fsp3) is 1.00. The monoisotopic (exact) mass is 254 g/mol. The zero-order valence-corrected chi connectivity index (χ0v) is 12.3. The molecule has 3 nitrogen and oxygen atoms in total. The molecule has 0 aromatic carbocycles. The Morgan fingerprint density at radius 1 is 1.33 bits per heavy atom. The molecule has 0 aromatic rings. The van der Waals surface area contributed by atoms with Gasteiger partial charge in [0.25, 0.3) is 0 Å². The summed E-state index contributed by atoms with van der Waals surface area (Å²) in [5.41, 5.74) is 0.399. The molecule has 0 amide bonds. The van der Waals surface area contributed by atoms with Gasteiger partial charge in [-0.1, -0.05) is 13.8 Å². The fourth-order valence-corrected chi connectivity index (χ4v) is 3.29. The first kappa shape index (κ1) is 14.3. The molecule has 18 heavy (non-hydrogen) atoms. The van der Waals surface area contributed by atoms with E-state index in [1.54, 1.807) is 0 Å². The van der Waals surface area contributed by atoms with Gasteiger partial charge in [-0.15, -0.1) is 0 Å². The van der Waals surface area contributed by atoms with Gasteiger partial charge in [0.15, 0.2) is 0 Å². The van der Waals surface area contributed by atoms with Crippen LogP contribution in [0.1, 0.15) is 40.0 Å². The van der Waals surface area contributed by atoms with Gasteiger partial charge in [-0.3, -0.25) is 0 Å². The van der Waals surface area contributed by atoms with Crippen LogP contribution in [0.15, 0.2) is 0 Å². The van der Waals surface area contributed by atoms with Crippen molar-refractivity contribution in [3.63, 3.8) is 0 Å². The summed E-state index contributed by atoms with van der Waals surface area (Å²) in [4.78, 5) is 0. The van der Waals surface area contributed by atoms with Crippen molar-refractivity contribution in [1.29, 1.82) is 0 Å². The third-order valence-corrected chi connectivity index (χ3v) is 4.92. The van der Waals surface area contributed by atoms with E-state index >= 15 is 0 Å². The summed E-state index contributed by atoms with van der Waals surface area (Å²) >= 11 is 0. The van der Waals surface area contributed by atoms with Gasteiger partial charge in [0.05, 0.1) is 6.10 Å². The summed E-state index contributed by atoms with van der Waals surface area (Å²) in [6.07, 6.45) is 4.38. The van der Waals surface area contributed by atoms with Gasteiger partial charge in [0, 0.05) is 19.7 Å². The molecule has 2 aliphatic heterocycles. The second kappa shape index (κ2) is 6.36. The average molecular weight is 254 g/mol. The van der Waals surface area contributed by atoms with E-state index in [9.17, 15) is 0 Å². The van der Waals surface area contributed by atoms with E-state index < -0.39 is 0 Å². The number of hydrogen-bond acceptors (Lipinski definition) is 3. The molecule has 0 saturated carbocycles. The number of ether oxygens (including phenoxy) is 1. The van der Waals surface area contributed by atoms with E-state index in [-0.39, 0.29) is 0 Å². The van der Waals surface area contributed by atoms with Gasteiger partial charge in [-0.2, -0.15) is 0 Å². The summed E-state index contributed by atoms with van der Waals surface area (Å²) in [6.45, 7) is 12.6. The van der Waals surface area contributed by atoms with Crippen molar-refractivity contribution in [3.8, 4) is 0 Å². The third kappa shape index (κ3) is 3.69. The fourth-order valence-electron chi connectivity index (χ4n) is 3.29. The van der Waals surface area contributed by atoms with Crippen molar-refractivity contribution in [1.82, 2.24) is 10.6 Å². The Balaban J connectivity index is 1.70. The van der Waals surface area contributed by atoms with Crippen LogP contribution in [-0.4, -0.2) is 38.9 Å². The highest BCUT2D eigenvalue weighted by Crippen LogP contribution is 2.31. The molecule has 106 valence electrons.